The minimum absolute atomic E-state index is 0.390. The summed E-state index contributed by atoms with van der Waals surface area (Å²) in [5.41, 5.74) is 3.45. The first-order valence-electron chi connectivity index (χ1n) is 8.36. The lowest BCUT2D eigenvalue weighted by atomic mass is 10.1. The van der Waals surface area contributed by atoms with E-state index in [1.165, 1.54) is 11.8 Å². The van der Waals surface area contributed by atoms with Gasteiger partial charge >= 0.3 is 0 Å². The van der Waals surface area contributed by atoms with Gasteiger partial charge in [-0.1, -0.05) is 36.9 Å². The lowest BCUT2D eigenvalue weighted by Crippen LogP contribution is -2.27. The van der Waals surface area contributed by atoms with Gasteiger partial charge in [0.25, 0.3) is 0 Å². The predicted molar refractivity (Wildman–Crippen MR) is 102 cm³/mol. The third-order valence-corrected chi connectivity index (χ3v) is 4.65. The van der Waals surface area contributed by atoms with E-state index in [9.17, 15) is 0 Å². The molecule has 0 saturated carbocycles. The number of rotatable bonds is 4. The molecule has 2 aromatic heterocycles. The molecule has 0 spiro atoms. The van der Waals surface area contributed by atoms with Crippen molar-refractivity contribution >= 4 is 23.5 Å². The van der Waals surface area contributed by atoms with Crippen LogP contribution in [0.5, 0.6) is 5.88 Å². The van der Waals surface area contributed by atoms with Gasteiger partial charge in [-0.2, -0.15) is 4.98 Å². The summed E-state index contributed by atoms with van der Waals surface area (Å²) in [6.45, 7) is 4.04. The van der Waals surface area contributed by atoms with Crippen molar-refractivity contribution in [1.29, 1.82) is 0 Å². The van der Waals surface area contributed by atoms with E-state index in [-0.39, 0.29) is 0 Å². The van der Waals surface area contributed by atoms with Crippen LogP contribution in [0.15, 0.2) is 57.8 Å². The van der Waals surface area contributed by atoms with Crippen LogP contribution in [0.4, 0.5) is 5.69 Å². The number of benzene rings is 1. The highest BCUT2D eigenvalue weighted by molar-refractivity contribution is 7.99. The van der Waals surface area contributed by atoms with Crippen molar-refractivity contribution in [3.05, 3.63) is 54.0 Å². The molecule has 3 heterocycles. The topological polar surface area (TPSA) is 73.1 Å². The highest BCUT2D eigenvalue weighted by atomic mass is 32.2. The molecule has 3 aromatic rings. The van der Waals surface area contributed by atoms with E-state index in [0.29, 0.717) is 16.7 Å². The molecule has 0 aliphatic carbocycles. The van der Waals surface area contributed by atoms with E-state index in [1.807, 2.05) is 49.4 Å². The second kappa shape index (κ2) is 7.21. The number of aromatic nitrogens is 3. The van der Waals surface area contributed by atoms with E-state index in [4.69, 9.17) is 9.15 Å². The van der Waals surface area contributed by atoms with E-state index < -0.39 is 6.23 Å². The number of para-hydroxylation sites is 1. The van der Waals surface area contributed by atoms with Gasteiger partial charge in [-0.15, -0.1) is 10.2 Å². The van der Waals surface area contributed by atoms with Crippen molar-refractivity contribution in [2.24, 2.45) is 0 Å². The Labute approximate surface area is 155 Å². The summed E-state index contributed by atoms with van der Waals surface area (Å²) < 4.78 is 11.6. The Hall–Kier alpha value is -2.80. The molecule has 26 heavy (non-hydrogen) atoms. The monoisotopic (exact) mass is 366 g/mol. The molecule has 1 aliphatic heterocycles. The largest absolute Gasteiger partial charge is 0.465 e. The molecule has 1 atom stereocenters. The molecule has 0 unspecified atom stereocenters. The Morgan fingerprint density at radius 2 is 2.12 bits per heavy atom. The molecule has 0 bridgehead atoms. The van der Waals surface area contributed by atoms with Crippen LogP contribution in [-0.4, -0.2) is 27.2 Å². The van der Waals surface area contributed by atoms with E-state index in [2.05, 4.69) is 27.4 Å². The van der Waals surface area contributed by atoms with Gasteiger partial charge in [-0.05, 0) is 42.5 Å². The Kier molecular flexibility index (Phi) is 4.62. The average molecular weight is 366 g/mol. The molecule has 132 valence electrons. The Morgan fingerprint density at radius 3 is 2.92 bits per heavy atom. The lowest BCUT2D eigenvalue weighted by Gasteiger charge is -2.19. The van der Waals surface area contributed by atoms with Gasteiger partial charge in [0, 0.05) is 11.3 Å². The van der Waals surface area contributed by atoms with E-state index in [1.54, 1.807) is 6.26 Å². The van der Waals surface area contributed by atoms with Crippen molar-refractivity contribution in [3.8, 4) is 17.1 Å². The number of furan rings is 1. The molecule has 0 saturated heterocycles. The number of hydrogen-bond donors (Lipinski definition) is 1. The van der Waals surface area contributed by atoms with Crippen LogP contribution in [0, 0.1) is 0 Å². The molecule has 0 radical (unpaired) electrons. The molecular formula is C19H18N4O2S. The standard InChI is InChI=1S/C19H18N4O2S/c1-3-26-19-21-18-16(22-23-19)14-8-4-5-9-15(14)20-17(25-18)12(2)11-13-7-6-10-24-13/h4-11,17,20H,3H2,1-2H3/b12-11+/t17-/m0/s1. The van der Waals surface area contributed by atoms with Crippen LogP contribution in [0.25, 0.3) is 17.3 Å². The molecule has 0 fully saturated rings. The first-order chi connectivity index (χ1) is 12.7. The number of nitrogens with zero attached hydrogens (tertiary/aromatic N) is 3. The van der Waals surface area contributed by atoms with Crippen molar-refractivity contribution in [2.75, 3.05) is 11.1 Å². The maximum Gasteiger partial charge on any atom is 0.247 e. The zero-order valence-electron chi connectivity index (χ0n) is 14.5. The Morgan fingerprint density at radius 1 is 1.23 bits per heavy atom. The zero-order chi connectivity index (χ0) is 17.9. The Bertz CT molecular complexity index is 940. The maximum atomic E-state index is 6.19. The minimum Gasteiger partial charge on any atom is -0.465 e. The van der Waals surface area contributed by atoms with Crippen molar-refractivity contribution in [1.82, 2.24) is 15.2 Å². The van der Waals surface area contributed by atoms with Gasteiger partial charge < -0.3 is 14.5 Å². The summed E-state index contributed by atoms with van der Waals surface area (Å²) in [7, 11) is 0. The highest BCUT2D eigenvalue weighted by Crippen LogP contribution is 2.37. The normalized spacial score (nSPS) is 16.1. The van der Waals surface area contributed by atoms with E-state index in [0.717, 1.165) is 28.3 Å². The first-order valence-corrected chi connectivity index (χ1v) is 9.35. The number of ether oxygens (including phenoxy) is 1. The quantitative estimate of drug-likeness (QED) is 0.683. The minimum atomic E-state index is -0.390. The summed E-state index contributed by atoms with van der Waals surface area (Å²) >= 11 is 1.53. The van der Waals surface area contributed by atoms with Crippen molar-refractivity contribution in [2.45, 2.75) is 25.2 Å². The molecule has 4 rings (SSSR count). The summed E-state index contributed by atoms with van der Waals surface area (Å²) in [6.07, 6.45) is 3.21. The predicted octanol–water partition coefficient (Wildman–Crippen LogP) is 4.48. The summed E-state index contributed by atoms with van der Waals surface area (Å²) in [5, 5.41) is 12.6. The fourth-order valence-corrected chi connectivity index (χ4v) is 3.22. The van der Waals surface area contributed by atoms with Gasteiger partial charge in [0.05, 0.1) is 6.26 Å². The number of anilines is 1. The molecule has 6 nitrogen and oxygen atoms in total. The van der Waals surface area contributed by atoms with Crippen LogP contribution in [0.2, 0.25) is 0 Å². The Balaban J connectivity index is 1.77. The highest BCUT2D eigenvalue weighted by Gasteiger charge is 2.25. The second-order valence-electron chi connectivity index (χ2n) is 5.77. The van der Waals surface area contributed by atoms with Gasteiger partial charge in [-0.3, -0.25) is 0 Å². The zero-order valence-corrected chi connectivity index (χ0v) is 15.3. The fourth-order valence-electron chi connectivity index (χ4n) is 2.72. The van der Waals surface area contributed by atoms with Gasteiger partial charge in [0.15, 0.2) is 11.9 Å². The fraction of sp³-hybridized carbons (Fsp3) is 0.211. The first kappa shape index (κ1) is 16.7. The smallest absolute Gasteiger partial charge is 0.247 e. The SMILES string of the molecule is CCSc1nnc2c(n1)O[C@@H](/C(C)=C/c1ccco1)Nc1ccccc1-2. The number of thioether (sulfide) groups is 1. The lowest BCUT2D eigenvalue weighted by molar-refractivity contribution is 0.255. The molecule has 1 aliphatic rings. The molecule has 1 aromatic carbocycles. The molecular weight excluding hydrogens is 348 g/mol. The van der Waals surface area contributed by atoms with Gasteiger partial charge in [0.1, 0.15) is 5.76 Å². The van der Waals surface area contributed by atoms with Gasteiger partial charge in [0.2, 0.25) is 11.0 Å². The third kappa shape index (κ3) is 3.30. The molecule has 1 N–H and O–H groups in total. The van der Waals surface area contributed by atoms with Gasteiger partial charge in [-0.25, -0.2) is 0 Å². The summed E-state index contributed by atoms with van der Waals surface area (Å²) in [4.78, 5) is 4.57. The molecule has 0 amide bonds. The van der Waals surface area contributed by atoms with Crippen molar-refractivity contribution < 1.29 is 9.15 Å². The molecule has 7 heteroatoms. The number of nitrogens with one attached hydrogen (secondary N) is 1. The van der Waals surface area contributed by atoms with Crippen LogP contribution in [0.1, 0.15) is 19.6 Å². The second-order valence-corrected chi connectivity index (χ2v) is 7.00. The summed E-state index contributed by atoms with van der Waals surface area (Å²) in [5.74, 6) is 2.12. The third-order valence-electron chi connectivity index (χ3n) is 3.93. The maximum absolute atomic E-state index is 6.19. The van der Waals surface area contributed by atoms with Crippen LogP contribution < -0.4 is 10.1 Å². The van der Waals surface area contributed by atoms with Crippen LogP contribution >= 0.6 is 11.8 Å². The van der Waals surface area contributed by atoms with Crippen LogP contribution in [-0.2, 0) is 0 Å². The average Bonchev–Trinajstić information content (AvgIpc) is 3.09. The number of fused-ring (bicyclic) bond motifs is 3. The number of hydrogen-bond acceptors (Lipinski definition) is 7. The van der Waals surface area contributed by atoms with E-state index >= 15 is 0 Å². The van der Waals surface area contributed by atoms with Crippen LogP contribution in [0.3, 0.4) is 0 Å². The van der Waals surface area contributed by atoms with Crippen molar-refractivity contribution in [3.63, 3.8) is 0 Å². The summed E-state index contributed by atoms with van der Waals surface area (Å²) in [6, 6.07) is 11.7.